The summed E-state index contributed by atoms with van der Waals surface area (Å²) in [6, 6.07) is 15.9. The van der Waals surface area contributed by atoms with Crippen molar-refractivity contribution in [3.63, 3.8) is 0 Å². The van der Waals surface area contributed by atoms with Gasteiger partial charge in [-0.15, -0.1) is 0 Å². The topological polar surface area (TPSA) is 107 Å². The van der Waals surface area contributed by atoms with Gasteiger partial charge < -0.3 is 28.9 Å². The molecule has 3 aromatic rings. The van der Waals surface area contributed by atoms with Crippen molar-refractivity contribution in [1.82, 2.24) is 19.8 Å². The van der Waals surface area contributed by atoms with Gasteiger partial charge in [-0.2, -0.15) is 15.2 Å². The minimum absolute atomic E-state index is 0.212. The summed E-state index contributed by atoms with van der Waals surface area (Å²) in [6.07, 6.45) is 3.02. The van der Waals surface area contributed by atoms with E-state index in [2.05, 4.69) is 64.1 Å². The van der Waals surface area contributed by atoms with E-state index in [0.717, 1.165) is 62.6 Å². The fourth-order valence-electron chi connectivity index (χ4n) is 7.69. The van der Waals surface area contributed by atoms with Gasteiger partial charge in [0.05, 0.1) is 50.1 Å². The molecule has 4 aliphatic rings. The Morgan fingerprint density at radius 1 is 1.10 bits per heavy atom. The van der Waals surface area contributed by atoms with Crippen LogP contribution in [0.5, 0.6) is 6.01 Å². The number of amides is 1. The van der Waals surface area contributed by atoms with Crippen LogP contribution in [-0.2, 0) is 22.4 Å². The van der Waals surface area contributed by atoms with Crippen LogP contribution in [0.1, 0.15) is 56.9 Å². The Morgan fingerprint density at radius 3 is 2.73 bits per heavy atom. The number of morpholine rings is 1. The number of aryl methyl sites for hydroxylation is 1. The molecule has 3 fully saturated rings. The van der Waals surface area contributed by atoms with E-state index in [9.17, 15) is 10.1 Å². The van der Waals surface area contributed by atoms with Crippen molar-refractivity contribution in [3.8, 4) is 12.1 Å². The molecule has 2 bridgehead atoms. The van der Waals surface area contributed by atoms with E-state index in [4.69, 9.17) is 24.2 Å². The number of anilines is 2. The lowest BCUT2D eigenvalue weighted by molar-refractivity contribution is 0.0144. The molecule has 0 N–H and O–H groups in total. The Hall–Kier alpha value is -4.14. The number of benzene rings is 2. The summed E-state index contributed by atoms with van der Waals surface area (Å²) in [5.41, 5.74) is 3.91. The molecular formula is C37H47N7O4. The second-order valence-corrected chi connectivity index (χ2v) is 14.6. The molecule has 11 heteroatoms. The summed E-state index contributed by atoms with van der Waals surface area (Å²) in [4.78, 5) is 32.0. The van der Waals surface area contributed by atoms with Gasteiger partial charge in [-0.25, -0.2) is 4.79 Å². The Bertz CT molecular complexity index is 1700. The van der Waals surface area contributed by atoms with Gasteiger partial charge in [0.15, 0.2) is 0 Å². The van der Waals surface area contributed by atoms with E-state index < -0.39 is 5.60 Å². The number of ether oxygens (including phenoxy) is 3. The largest absolute Gasteiger partial charge is 0.463 e. The zero-order valence-electron chi connectivity index (χ0n) is 28.7. The van der Waals surface area contributed by atoms with E-state index in [-0.39, 0.29) is 18.6 Å². The highest BCUT2D eigenvalue weighted by Gasteiger charge is 2.39. The Balaban J connectivity index is 1.14. The molecule has 2 aromatic carbocycles. The third kappa shape index (κ3) is 6.87. The van der Waals surface area contributed by atoms with E-state index in [1.54, 1.807) is 4.90 Å². The average molecular weight is 654 g/mol. The van der Waals surface area contributed by atoms with Gasteiger partial charge >= 0.3 is 12.1 Å². The number of nitrogens with zero attached hydrogens (tertiary/aromatic N) is 7. The number of fused-ring (bicyclic) bond motifs is 4. The standard InChI is InChI=1S/C37H47N7O4/c1-25-18-26-8-5-6-9-30(26)33(19-25)42-14-11-31-32(23-42)39-35(46-17-7-13-41-22-29-20-28(41)24-47-29)40-34(31)43-15-16-44(27(21-43)10-12-38)36(45)48-37(2,3)4/h5-6,8-9,18-19,27-29H,7,10-11,13-17,20-24H2,1-4H3/t27?,28-,29-/m0/s1. The first-order valence-corrected chi connectivity index (χ1v) is 17.4. The van der Waals surface area contributed by atoms with Crippen molar-refractivity contribution in [3.05, 3.63) is 53.2 Å². The lowest BCUT2D eigenvalue weighted by Crippen LogP contribution is -2.56. The highest BCUT2D eigenvalue weighted by molar-refractivity contribution is 5.95. The fraction of sp³-hybridized carbons (Fsp3) is 0.568. The number of nitriles is 1. The first kappa shape index (κ1) is 32.4. The van der Waals surface area contributed by atoms with Crippen LogP contribution in [0.25, 0.3) is 10.8 Å². The van der Waals surface area contributed by atoms with Crippen molar-refractivity contribution < 1.29 is 19.0 Å². The summed E-state index contributed by atoms with van der Waals surface area (Å²) in [7, 11) is 0. The highest BCUT2D eigenvalue weighted by atomic mass is 16.6. The zero-order chi connectivity index (χ0) is 33.4. The number of hydrogen-bond acceptors (Lipinski definition) is 10. The van der Waals surface area contributed by atoms with Crippen molar-refractivity contribution >= 4 is 28.4 Å². The van der Waals surface area contributed by atoms with Crippen molar-refractivity contribution in [2.75, 3.05) is 62.3 Å². The Kier molecular flexibility index (Phi) is 9.05. The van der Waals surface area contributed by atoms with Crippen LogP contribution < -0.4 is 14.5 Å². The molecule has 0 radical (unpaired) electrons. The van der Waals surface area contributed by atoms with Gasteiger partial charge in [0.1, 0.15) is 11.4 Å². The molecule has 1 aromatic heterocycles. The minimum Gasteiger partial charge on any atom is -0.463 e. The predicted molar refractivity (Wildman–Crippen MR) is 184 cm³/mol. The summed E-state index contributed by atoms with van der Waals surface area (Å²) in [5.74, 6) is 0.851. The maximum Gasteiger partial charge on any atom is 0.410 e. The smallest absolute Gasteiger partial charge is 0.410 e. The van der Waals surface area contributed by atoms with Crippen LogP contribution in [0.4, 0.5) is 16.3 Å². The molecule has 5 heterocycles. The first-order chi connectivity index (χ1) is 23.1. The number of piperazine rings is 1. The number of likely N-dealkylation sites (tertiary alicyclic amines) is 1. The average Bonchev–Trinajstić information content (AvgIpc) is 3.69. The molecule has 1 amide bonds. The van der Waals surface area contributed by atoms with Crippen molar-refractivity contribution in [1.29, 1.82) is 5.26 Å². The normalized spacial score (nSPS) is 22.6. The first-order valence-electron chi connectivity index (χ1n) is 17.4. The summed E-state index contributed by atoms with van der Waals surface area (Å²) >= 11 is 0. The molecule has 48 heavy (non-hydrogen) atoms. The lowest BCUT2D eigenvalue weighted by Gasteiger charge is -2.42. The highest BCUT2D eigenvalue weighted by Crippen LogP contribution is 2.36. The van der Waals surface area contributed by atoms with Gasteiger partial charge in [0.25, 0.3) is 0 Å². The van der Waals surface area contributed by atoms with Gasteiger partial charge in [0, 0.05) is 61.9 Å². The predicted octanol–water partition coefficient (Wildman–Crippen LogP) is 5.08. The second-order valence-electron chi connectivity index (χ2n) is 14.6. The summed E-state index contributed by atoms with van der Waals surface area (Å²) < 4.78 is 17.8. The van der Waals surface area contributed by atoms with Crippen molar-refractivity contribution in [2.24, 2.45) is 0 Å². The monoisotopic (exact) mass is 653 g/mol. The van der Waals surface area contributed by atoms with E-state index in [0.29, 0.717) is 50.9 Å². The van der Waals surface area contributed by atoms with Crippen molar-refractivity contribution in [2.45, 2.75) is 83.7 Å². The molecule has 1 unspecified atom stereocenters. The van der Waals surface area contributed by atoms with Crippen LogP contribution in [0.2, 0.25) is 0 Å². The van der Waals surface area contributed by atoms with Crippen LogP contribution >= 0.6 is 0 Å². The number of aromatic nitrogens is 2. The molecule has 3 atom stereocenters. The van der Waals surface area contributed by atoms with Gasteiger partial charge in [0.2, 0.25) is 0 Å². The number of hydrogen-bond donors (Lipinski definition) is 0. The van der Waals surface area contributed by atoms with Gasteiger partial charge in [-0.1, -0.05) is 30.3 Å². The SMILES string of the molecule is Cc1cc(N2CCc3c(nc(OCCCN4C[C@@H]5C[C@H]4CO5)nc3N3CCN(C(=O)OC(C)(C)C)C(CC#N)C3)C2)c2ccccc2c1. The zero-order valence-corrected chi connectivity index (χ0v) is 28.7. The number of rotatable bonds is 8. The molecule has 4 aliphatic heterocycles. The minimum atomic E-state index is -0.611. The molecular weight excluding hydrogens is 606 g/mol. The summed E-state index contributed by atoms with van der Waals surface area (Å²) in [5, 5.41) is 12.2. The van der Waals surface area contributed by atoms with Crippen LogP contribution in [-0.4, -0.2) is 102 Å². The molecule has 0 spiro atoms. The molecule has 3 saturated heterocycles. The van der Waals surface area contributed by atoms with Crippen LogP contribution in [0.3, 0.4) is 0 Å². The molecule has 11 nitrogen and oxygen atoms in total. The van der Waals surface area contributed by atoms with Crippen LogP contribution in [0, 0.1) is 18.3 Å². The van der Waals surface area contributed by atoms with Gasteiger partial charge in [-0.3, -0.25) is 4.90 Å². The molecule has 7 rings (SSSR count). The van der Waals surface area contributed by atoms with E-state index in [1.807, 2.05) is 20.8 Å². The van der Waals surface area contributed by atoms with Crippen LogP contribution in [0.15, 0.2) is 36.4 Å². The lowest BCUT2D eigenvalue weighted by atomic mass is 10.00. The quantitative estimate of drug-likeness (QED) is 0.306. The van der Waals surface area contributed by atoms with Gasteiger partial charge in [-0.05, 0) is 64.0 Å². The fourth-order valence-corrected chi connectivity index (χ4v) is 7.69. The summed E-state index contributed by atoms with van der Waals surface area (Å²) in [6.45, 7) is 14.1. The molecule has 0 saturated carbocycles. The Morgan fingerprint density at radius 2 is 1.96 bits per heavy atom. The third-order valence-corrected chi connectivity index (χ3v) is 9.92. The number of carbonyl (C=O) groups is 1. The number of carbonyl (C=O) groups excluding carboxylic acids is 1. The molecule has 254 valence electrons. The maximum atomic E-state index is 13.1. The van der Waals surface area contributed by atoms with E-state index >= 15 is 0 Å². The maximum absolute atomic E-state index is 13.1. The second kappa shape index (κ2) is 13.4. The Labute approximate surface area is 283 Å². The molecule has 0 aliphatic carbocycles. The third-order valence-electron chi connectivity index (χ3n) is 9.92. The van der Waals surface area contributed by atoms with E-state index in [1.165, 1.54) is 22.0 Å².